The molecule has 4 heterocycles. The third kappa shape index (κ3) is 30.7. The first-order chi connectivity index (χ1) is 53.5. The molecule has 4 fully saturated rings. The van der Waals surface area contributed by atoms with Crippen LogP contribution in [0.5, 0.6) is 0 Å². The summed E-state index contributed by atoms with van der Waals surface area (Å²) in [6, 6.07) is 6.08. The zero-order valence-electron chi connectivity index (χ0n) is 58.0. The minimum atomic E-state index is -5.77. The van der Waals surface area contributed by atoms with Gasteiger partial charge in [-0.2, -0.15) is 60.0 Å². The van der Waals surface area contributed by atoms with Crippen LogP contribution in [0, 0.1) is 0 Å². The monoisotopic (exact) mass is 1810 g/mol. The van der Waals surface area contributed by atoms with Gasteiger partial charge in [0.2, 0.25) is 24.4 Å². The smallest absolute Gasteiger partial charge is 0.397 e. The number of carbonyl (C=O) groups excluding carboxylic acids is 2. The summed E-state index contributed by atoms with van der Waals surface area (Å²) < 4.78 is 246. The summed E-state index contributed by atoms with van der Waals surface area (Å²) in [5, 5.41) is 181. The van der Waals surface area contributed by atoms with Crippen molar-refractivity contribution in [3.05, 3.63) is 48.5 Å². The Kier molecular flexibility index (Phi) is 35.9. The zero-order chi connectivity index (χ0) is 87.2. The van der Waals surface area contributed by atoms with E-state index in [4.69, 9.17) is 57.1 Å². The fraction of sp³-hybridized carbons (Fsp3) is 0.692. The lowest BCUT2D eigenvalue weighted by Crippen LogP contribution is -2.68. The molecule has 2 amide bonds. The molecular weight excluding hydrogens is 1730 g/mol. The van der Waals surface area contributed by atoms with E-state index >= 15 is 0 Å². The van der Waals surface area contributed by atoms with E-state index in [9.17, 15) is 170 Å². The molecule has 0 radical (unpaired) electrons. The second-order valence-electron chi connectivity index (χ2n) is 24.9. The van der Waals surface area contributed by atoms with E-state index in [1.807, 2.05) is 0 Å². The first-order valence-electron chi connectivity index (χ1n) is 32.3. The van der Waals surface area contributed by atoms with Crippen molar-refractivity contribution in [3.63, 3.8) is 0 Å². The molecule has 0 unspecified atom stereocenters. The van der Waals surface area contributed by atoms with Crippen LogP contribution in [-0.2, 0) is 146 Å². The molecular formula is C52H80N6O52S6. The van der Waals surface area contributed by atoms with Gasteiger partial charge in [-0.15, -0.1) is 0 Å². The van der Waals surface area contributed by atoms with Crippen LogP contribution >= 0.6 is 0 Å². The third-order valence-corrected chi connectivity index (χ3v) is 19.2. The Hall–Kier alpha value is -5.82. The number of carboxylic acids is 2. The molecule has 2 aromatic carbocycles. The summed E-state index contributed by atoms with van der Waals surface area (Å²) in [6.07, 6.45) is -65.1. The zero-order valence-corrected chi connectivity index (χ0v) is 62.9. The Balaban J connectivity index is 0.943. The highest BCUT2D eigenvalue weighted by Crippen LogP contribution is 2.35. The van der Waals surface area contributed by atoms with Crippen LogP contribution in [-0.4, -0.2) is 394 Å². The number of ether oxygens (including phenoxy) is 6. The van der Waals surface area contributed by atoms with E-state index in [0.29, 0.717) is 0 Å². The maximum absolute atomic E-state index is 12.9. The number of carbonyl (C=O) groups is 4. The van der Waals surface area contributed by atoms with Crippen LogP contribution in [0.25, 0.3) is 0 Å². The van der Waals surface area contributed by atoms with Gasteiger partial charge in [-0.1, -0.05) is 12.1 Å². The SMILES string of the molecule is O=C(CCC(=O)Nc1cccc(NC[C@H](O)[C@@H](O)[C@H](O)[C@H](O)COO[C@@H]2O[C@@H](C(=O)O)[C@@H](O[C@H]3O[C@H](COS(=O)(=O)O)[C@@H](O)[C@H](O)[C@H]3NS(=O)(=O)O)[C@H](O)[C@H]2OS(=O)(=O)O)c1)Nc1cccc(NC[C@H](O)[C@@H](O)[C@H](O)[C@H](O)COO[C@@H]2O[C@@H](C(=O)O)[C@@H](O[C@H]3O[C@H](COS(=O)(=O)O)[C@@H](O)[C@H](O)[C@H]3NS(=O)(=O)O)[C@H](O)[C@H]2OS(=O)(=O)O)c1. The molecule has 4 aliphatic rings. The van der Waals surface area contributed by atoms with E-state index < -0.39 is 310 Å². The fourth-order valence-corrected chi connectivity index (χ4v) is 13.6. The Bertz CT molecular complexity index is 4050. The van der Waals surface area contributed by atoms with Crippen LogP contribution in [0.15, 0.2) is 48.5 Å². The standard InChI is InChI=1S/C52H80N6O52S6/c59-21(31(65)33(67)23(61)13-97-107-51-43(109-115(91,92)93)39(73)41(45(105-51)47(75)76)103-49-29(57-111(79,80)81)37(71)35(69)25(101-49)15-99-113(85,86)87)11-53-17-3-1-5-19(9-17)55-27(63)7-8-28(64)56-20-6-2-4-18(10-20)54-12-22(60)32(66)34(68)24(62)14-98-108-52-44(110-116(94,95)96)40(74)42(46(106-52)48(77)78)104-50-30(58-112(82,83)84)38(72)36(70)26(102-50)16-100-114(88,89)90/h1-6,9-10,21-26,29-46,49-54,57-62,65-74H,7-8,11-16H2,(H,55,63)(H,56,64)(H,75,76)(H,77,78)(H,79,80,81)(H,82,83,84)(H,85,86,87)(H,88,89,90)(H,91,92,93)(H,94,95,96)/t21-,22-,23+,24+,25+,26+,29+,30+,31+,32+,33+,34+,35+,36+,37+,38+,39-,40-,41-,42-,43+,44+,45+,46+,49+,50+,51-,52-/m0/s1. The van der Waals surface area contributed by atoms with Gasteiger partial charge in [0.25, 0.3) is 0 Å². The number of aliphatic hydroxyl groups is 14. The van der Waals surface area contributed by atoms with Gasteiger partial charge in [0.05, 0.1) is 25.4 Å². The van der Waals surface area contributed by atoms with Gasteiger partial charge in [-0.05, 0) is 36.4 Å². The molecule has 666 valence electrons. The Labute approximate surface area is 652 Å². The average Bonchev–Trinajstić information content (AvgIpc) is 0.772. The van der Waals surface area contributed by atoms with Crippen molar-refractivity contribution in [1.82, 2.24) is 9.44 Å². The van der Waals surface area contributed by atoms with E-state index in [1.165, 1.54) is 58.0 Å². The van der Waals surface area contributed by atoms with Crippen molar-refractivity contribution >= 4 is 109 Å². The molecule has 64 heteroatoms. The van der Waals surface area contributed by atoms with Gasteiger partial charge < -0.3 is 131 Å². The number of anilines is 4. The number of rotatable bonds is 45. The number of amides is 2. The highest BCUT2D eigenvalue weighted by Gasteiger charge is 2.59. The average molecular weight is 1810 g/mol. The molecule has 4 aliphatic heterocycles. The van der Waals surface area contributed by atoms with E-state index in [1.54, 1.807) is 0 Å². The maximum Gasteiger partial charge on any atom is 0.397 e. The van der Waals surface area contributed by atoms with Gasteiger partial charge in [0.1, 0.15) is 123 Å². The summed E-state index contributed by atoms with van der Waals surface area (Å²) in [7, 11) is -33.1. The molecule has 28 atom stereocenters. The number of aliphatic hydroxyl groups excluding tert-OH is 14. The predicted octanol–water partition coefficient (Wildman–Crippen LogP) is -13.8. The van der Waals surface area contributed by atoms with Crippen LogP contribution in [0.3, 0.4) is 0 Å². The largest absolute Gasteiger partial charge is 0.479 e. The van der Waals surface area contributed by atoms with Crippen LogP contribution in [0.2, 0.25) is 0 Å². The molecule has 4 saturated heterocycles. The van der Waals surface area contributed by atoms with Gasteiger partial charge in [-0.25, -0.2) is 45.9 Å². The van der Waals surface area contributed by atoms with Crippen LogP contribution < -0.4 is 30.7 Å². The molecule has 0 spiro atoms. The van der Waals surface area contributed by atoms with E-state index in [-0.39, 0.29) is 22.7 Å². The van der Waals surface area contributed by atoms with Gasteiger partial charge >= 0.3 is 74.1 Å². The normalized spacial score (nSPS) is 30.6. The maximum atomic E-state index is 12.9. The highest BCUT2D eigenvalue weighted by atomic mass is 32.3. The minimum Gasteiger partial charge on any atom is -0.479 e. The Morgan fingerprint density at radius 1 is 0.405 bits per heavy atom. The lowest BCUT2D eigenvalue weighted by molar-refractivity contribution is -0.430. The van der Waals surface area contributed by atoms with Gasteiger partial charge in [-0.3, -0.25) is 36.9 Å². The number of hydrogen-bond donors (Lipinski definition) is 28. The molecule has 2 aromatic rings. The second-order valence-corrected chi connectivity index (χ2v) is 31.6. The molecule has 0 aromatic heterocycles. The summed E-state index contributed by atoms with van der Waals surface area (Å²) in [5.74, 6) is -5.78. The summed E-state index contributed by atoms with van der Waals surface area (Å²) in [4.78, 5) is 69.8. The van der Waals surface area contributed by atoms with Crippen molar-refractivity contribution in [2.24, 2.45) is 0 Å². The first-order valence-corrected chi connectivity index (χ1v) is 40.6. The molecule has 116 heavy (non-hydrogen) atoms. The molecule has 28 N–H and O–H groups in total. The number of carboxylic acid groups (broad SMARTS) is 2. The lowest BCUT2D eigenvalue weighted by Gasteiger charge is -2.46. The molecule has 58 nitrogen and oxygen atoms in total. The van der Waals surface area contributed by atoms with E-state index in [0.717, 1.165) is 0 Å². The molecule has 0 saturated carbocycles. The van der Waals surface area contributed by atoms with Crippen molar-refractivity contribution in [2.45, 2.75) is 184 Å². The number of aliphatic carboxylic acids is 2. The second kappa shape index (κ2) is 42.1. The molecule has 0 aliphatic carbocycles. The number of hydrogen-bond acceptors (Lipinski definition) is 46. The topological polar surface area (TPSA) is 920 Å². The van der Waals surface area contributed by atoms with Crippen molar-refractivity contribution in [3.8, 4) is 0 Å². The Morgan fingerprint density at radius 3 is 1.03 bits per heavy atom. The van der Waals surface area contributed by atoms with Crippen molar-refractivity contribution < 1.29 is 243 Å². The van der Waals surface area contributed by atoms with E-state index in [2.05, 4.69) is 38.0 Å². The number of benzene rings is 2. The molecule has 0 bridgehead atoms. The predicted molar refractivity (Wildman–Crippen MR) is 359 cm³/mol. The van der Waals surface area contributed by atoms with Gasteiger partial charge in [0.15, 0.2) is 37.0 Å². The highest BCUT2D eigenvalue weighted by molar-refractivity contribution is 7.84. The minimum absolute atomic E-state index is 0.0984. The first kappa shape index (κ1) is 99.0. The van der Waals surface area contributed by atoms with Crippen molar-refractivity contribution in [1.29, 1.82) is 0 Å². The quantitative estimate of drug-likeness (QED) is 0.0166. The van der Waals surface area contributed by atoms with Crippen LogP contribution in [0.4, 0.5) is 22.7 Å². The molecule has 6 rings (SSSR count). The number of nitrogens with one attached hydrogen (secondary N) is 6. The van der Waals surface area contributed by atoms with Crippen molar-refractivity contribution in [2.75, 3.05) is 60.8 Å². The summed E-state index contributed by atoms with van der Waals surface area (Å²) in [6.45, 7) is -6.67. The van der Waals surface area contributed by atoms with Crippen LogP contribution in [0.1, 0.15) is 12.8 Å². The van der Waals surface area contributed by atoms with Gasteiger partial charge in [0, 0.05) is 48.7 Å². The third-order valence-electron chi connectivity index (χ3n) is 16.3. The fourth-order valence-electron chi connectivity index (χ4n) is 10.8. The summed E-state index contributed by atoms with van der Waals surface area (Å²) >= 11 is 0. The Morgan fingerprint density at radius 2 is 0.724 bits per heavy atom. The lowest BCUT2D eigenvalue weighted by atomic mass is 9.96. The summed E-state index contributed by atoms with van der Waals surface area (Å²) in [5.41, 5.74) is 0.474.